The minimum Gasteiger partial charge on any atom is -0.481 e. The fourth-order valence-electron chi connectivity index (χ4n) is 3.09. The first kappa shape index (κ1) is 16.2. The number of nitrogens with zero attached hydrogens (tertiary/aromatic N) is 1. The van der Waals surface area contributed by atoms with Gasteiger partial charge in [0.2, 0.25) is 15.9 Å². The highest BCUT2D eigenvalue weighted by Gasteiger charge is 2.35. The summed E-state index contributed by atoms with van der Waals surface area (Å²) in [5, 5.41) is 11.9. The Kier molecular flexibility index (Phi) is 4.88. The van der Waals surface area contributed by atoms with Crippen LogP contribution < -0.4 is 5.32 Å². The van der Waals surface area contributed by atoms with E-state index in [0.29, 0.717) is 45.2 Å². The number of sulfonamides is 1. The summed E-state index contributed by atoms with van der Waals surface area (Å²) in [5.74, 6) is -1.55. The molecule has 7 nitrogen and oxygen atoms in total. The van der Waals surface area contributed by atoms with Crippen LogP contribution in [0.5, 0.6) is 0 Å². The van der Waals surface area contributed by atoms with Crippen LogP contribution >= 0.6 is 0 Å². The molecule has 0 aromatic carbocycles. The molecule has 0 unspecified atom stereocenters. The lowest BCUT2D eigenvalue weighted by molar-refractivity contribution is -0.141. The van der Waals surface area contributed by atoms with E-state index in [1.54, 1.807) is 0 Å². The predicted octanol–water partition coefficient (Wildman–Crippen LogP) is 0.0275. The van der Waals surface area contributed by atoms with Gasteiger partial charge in [-0.15, -0.1) is 0 Å². The van der Waals surface area contributed by atoms with Crippen LogP contribution in [0.3, 0.4) is 0 Å². The minimum atomic E-state index is -3.15. The van der Waals surface area contributed by atoms with Crippen LogP contribution in [0.25, 0.3) is 0 Å². The number of rotatable bonds is 4. The third kappa shape index (κ3) is 4.16. The molecule has 1 aliphatic heterocycles. The van der Waals surface area contributed by atoms with Crippen molar-refractivity contribution in [3.8, 4) is 0 Å². The Morgan fingerprint density at radius 1 is 1.10 bits per heavy atom. The molecule has 120 valence electrons. The van der Waals surface area contributed by atoms with Gasteiger partial charge in [-0.3, -0.25) is 9.59 Å². The average molecular weight is 318 g/mol. The maximum Gasteiger partial charge on any atom is 0.306 e. The number of aliphatic carboxylic acids is 1. The van der Waals surface area contributed by atoms with Crippen LogP contribution in [0.15, 0.2) is 0 Å². The van der Waals surface area contributed by atoms with E-state index >= 15 is 0 Å². The number of carboxylic acid groups (broad SMARTS) is 1. The SMILES string of the molecule is CS(=O)(=O)N1CCC(NC(=O)[C@@H]2CC[C@H](C(=O)O)C2)CC1. The van der Waals surface area contributed by atoms with Gasteiger partial charge in [-0.2, -0.15) is 0 Å². The summed E-state index contributed by atoms with van der Waals surface area (Å²) in [6.45, 7) is 0.846. The number of carbonyl (C=O) groups excluding carboxylic acids is 1. The van der Waals surface area contributed by atoms with Crippen molar-refractivity contribution in [1.82, 2.24) is 9.62 Å². The number of nitrogens with one attached hydrogen (secondary N) is 1. The molecule has 1 amide bonds. The number of carboxylic acids is 1. The molecule has 2 fully saturated rings. The van der Waals surface area contributed by atoms with E-state index in [-0.39, 0.29) is 17.9 Å². The second kappa shape index (κ2) is 6.31. The summed E-state index contributed by atoms with van der Waals surface area (Å²) in [4.78, 5) is 23.0. The van der Waals surface area contributed by atoms with E-state index in [1.807, 2.05) is 0 Å². The zero-order valence-electron chi connectivity index (χ0n) is 12.1. The molecule has 2 atom stereocenters. The molecule has 0 radical (unpaired) electrons. The van der Waals surface area contributed by atoms with E-state index in [4.69, 9.17) is 5.11 Å². The van der Waals surface area contributed by atoms with Crippen molar-refractivity contribution >= 4 is 21.9 Å². The third-order valence-electron chi connectivity index (χ3n) is 4.42. The highest BCUT2D eigenvalue weighted by Crippen LogP contribution is 2.31. The standard InChI is InChI=1S/C13H22N2O5S/c1-21(19,20)15-6-4-11(5-7-15)14-12(16)9-2-3-10(8-9)13(17)18/h9-11H,2-8H2,1H3,(H,14,16)(H,17,18)/t9-,10+/m1/s1. The summed E-state index contributed by atoms with van der Waals surface area (Å²) in [6, 6.07) is -0.0145. The molecule has 0 aromatic rings. The number of amides is 1. The van der Waals surface area contributed by atoms with Gasteiger partial charge in [0.1, 0.15) is 0 Å². The van der Waals surface area contributed by atoms with Crippen LogP contribution in [0, 0.1) is 11.8 Å². The van der Waals surface area contributed by atoms with Gasteiger partial charge in [0.05, 0.1) is 12.2 Å². The molecule has 8 heteroatoms. The molecule has 0 spiro atoms. The Bertz CT molecular complexity index is 511. The van der Waals surface area contributed by atoms with Crippen LogP contribution in [-0.4, -0.2) is 55.1 Å². The summed E-state index contributed by atoms with van der Waals surface area (Å²) in [5.41, 5.74) is 0. The van der Waals surface area contributed by atoms with Crippen molar-refractivity contribution in [3.63, 3.8) is 0 Å². The van der Waals surface area contributed by atoms with Gasteiger partial charge in [0, 0.05) is 25.0 Å². The van der Waals surface area contributed by atoms with Gasteiger partial charge in [-0.05, 0) is 32.1 Å². The zero-order valence-corrected chi connectivity index (χ0v) is 12.9. The van der Waals surface area contributed by atoms with Gasteiger partial charge >= 0.3 is 5.97 Å². The molecule has 1 saturated carbocycles. The van der Waals surface area contributed by atoms with Crippen molar-refractivity contribution in [2.75, 3.05) is 19.3 Å². The van der Waals surface area contributed by atoms with Crippen molar-refractivity contribution in [1.29, 1.82) is 0 Å². The minimum absolute atomic E-state index is 0.0145. The smallest absolute Gasteiger partial charge is 0.306 e. The average Bonchev–Trinajstić information content (AvgIpc) is 2.88. The fraction of sp³-hybridized carbons (Fsp3) is 0.846. The Morgan fingerprint density at radius 2 is 1.67 bits per heavy atom. The van der Waals surface area contributed by atoms with Crippen LogP contribution in [0.4, 0.5) is 0 Å². The molecule has 2 rings (SSSR count). The second-order valence-electron chi connectivity index (χ2n) is 5.99. The number of hydrogen-bond acceptors (Lipinski definition) is 4. The second-order valence-corrected chi connectivity index (χ2v) is 7.97. The van der Waals surface area contributed by atoms with E-state index in [0.717, 1.165) is 0 Å². The van der Waals surface area contributed by atoms with Crippen molar-refractivity contribution in [3.05, 3.63) is 0 Å². The highest BCUT2D eigenvalue weighted by molar-refractivity contribution is 7.88. The predicted molar refractivity (Wildman–Crippen MR) is 76.0 cm³/mol. The van der Waals surface area contributed by atoms with Crippen LogP contribution in [0.2, 0.25) is 0 Å². The molecule has 2 N–H and O–H groups in total. The molecule has 1 saturated heterocycles. The van der Waals surface area contributed by atoms with Gasteiger partial charge in [0.15, 0.2) is 0 Å². The summed E-state index contributed by atoms with van der Waals surface area (Å²) in [6.07, 6.45) is 3.98. The van der Waals surface area contributed by atoms with Gasteiger partial charge in [0.25, 0.3) is 0 Å². The largest absolute Gasteiger partial charge is 0.481 e. The molecule has 21 heavy (non-hydrogen) atoms. The maximum absolute atomic E-state index is 12.1. The molecule has 2 aliphatic rings. The lowest BCUT2D eigenvalue weighted by atomic mass is 10.0. The van der Waals surface area contributed by atoms with Gasteiger partial charge < -0.3 is 10.4 Å². The Balaban J connectivity index is 1.79. The maximum atomic E-state index is 12.1. The van der Waals surface area contributed by atoms with Crippen LogP contribution in [0.1, 0.15) is 32.1 Å². The zero-order chi connectivity index (χ0) is 15.6. The molecule has 0 bridgehead atoms. The Labute approximate surface area is 124 Å². The fourth-order valence-corrected chi connectivity index (χ4v) is 3.97. The molecular formula is C13H22N2O5S. The van der Waals surface area contributed by atoms with Gasteiger partial charge in [-0.1, -0.05) is 0 Å². The molecule has 1 aliphatic carbocycles. The molecule has 1 heterocycles. The first-order valence-electron chi connectivity index (χ1n) is 7.25. The summed E-state index contributed by atoms with van der Waals surface area (Å²) >= 11 is 0. The first-order valence-corrected chi connectivity index (χ1v) is 9.10. The van der Waals surface area contributed by atoms with E-state index in [2.05, 4.69) is 5.32 Å². The topological polar surface area (TPSA) is 104 Å². The van der Waals surface area contributed by atoms with E-state index < -0.39 is 21.9 Å². The van der Waals surface area contributed by atoms with Crippen molar-refractivity contribution in [2.45, 2.75) is 38.1 Å². The third-order valence-corrected chi connectivity index (χ3v) is 5.73. The highest BCUT2D eigenvalue weighted by atomic mass is 32.2. The number of piperidine rings is 1. The van der Waals surface area contributed by atoms with Crippen LogP contribution in [-0.2, 0) is 19.6 Å². The van der Waals surface area contributed by atoms with Gasteiger partial charge in [-0.25, -0.2) is 12.7 Å². The Hall–Kier alpha value is -1.15. The molecular weight excluding hydrogens is 296 g/mol. The quantitative estimate of drug-likeness (QED) is 0.761. The monoisotopic (exact) mass is 318 g/mol. The lowest BCUT2D eigenvalue weighted by Crippen LogP contribution is -2.47. The first-order chi connectivity index (χ1) is 9.77. The number of hydrogen-bond donors (Lipinski definition) is 2. The molecule has 0 aromatic heterocycles. The van der Waals surface area contributed by atoms with Crippen molar-refractivity contribution in [2.24, 2.45) is 11.8 Å². The van der Waals surface area contributed by atoms with Crippen molar-refractivity contribution < 1.29 is 23.1 Å². The summed E-state index contributed by atoms with van der Waals surface area (Å²) < 4.78 is 24.2. The van der Waals surface area contributed by atoms with E-state index in [1.165, 1.54) is 10.6 Å². The number of carbonyl (C=O) groups is 2. The lowest BCUT2D eigenvalue weighted by Gasteiger charge is -2.31. The summed E-state index contributed by atoms with van der Waals surface area (Å²) in [7, 11) is -3.15. The van der Waals surface area contributed by atoms with E-state index in [9.17, 15) is 18.0 Å². The normalized spacial score (nSPS) is 28.4. The Morgan fingerprint density at radius 3 is 2.14 bits per heavy atom.